The minimum Gasteiger partial charge on any atom is -0.372 e. The summed E-state index contributed by atoms with van der Waals surface area (Å²) in [6.07, 6.45) is 4.78. The lowest BCUT2D eigenvalue weighted by Crippen LogP contribution is -2.31. The van der Waals surface area contributed by atoms with Gasteiger partial charge in [0, 0.05) is 41.2 Å². The van der Waals surface area contributed by atoms with Crippen LogP contribution in [-0.2, 0) is 4.79 Å². The van der Waals surface area contributed by atoms with Gasteiger partial charge in [-0.25, -0.2) is 0 Å². The Balaban J connectivity index is 1.61. The molecule has 1 aliphatic heterocycles. The first-order valence-electron chi connectivity index (χ1n) is 10.8. The van der Waals surface area contributed by atoms with E-state index < -0.39 is 0 Å². The van der Waals surface area contributed by atoms with Gasteiger partial charge in [0.25, 0.3) is 0 Å². The molecule has 1 atom stereocenters. The molecule has 5 nitrogen and oxygen atoms in total. The molecule has 5 heteroatoms. The van der Waals surface area contributed by atoms with Crippen LogP contribution in [0.1, 0.15) is 54.2 Å². The standard InChI is InChI=1S/C27H25N3O2/c1-27(2)14-22-24(23(31)15-27)25(19-9-6-12-28-16-19)30-20-11-10-18(13-21(20)29-22)26(32)17-7-4-3-5-8-17/h3-13,16,25,29-30H,14-15H2,1-2H3/t25-/m0/s1. The number of hydrogen-bond donors (Lipinski definition) is 2. The van der Waals surface area contributed by atoms with Crippen LogP contribution in [0.15, 0.2) is 84.3 Å². The predicted octanol–water partition coefficient (Wildman–Crippen LogP) is 5.53. The Morgan fingerprint density at radius 3 is 2.53 bits per heavy atom. The van der Waals surface area contributed by atoms with Gasteiger partial charge in [-0.15, -0.1) is 0 Å². The van der Waals surface area contributed by atoms with E-state index in [-0.39, 0.29) is 23.0 Å². The third-order valence-corrected chi connectivity index (χ3v) is 6.13. The van der Waals surface area contributed by atoms with Gasteiger partial charge in [0.05, 0.1) is 17.4 Å². The van der Waals surface area contributed by atoms with E-state index in [4.69, 9.17) is 0 Å². The van der Waals surface area contributed by atoms with E-state index in [0.29, 0.717) is 17.5 Å². The second kappa shape index (κ2) is 7.75. The Bertz CT molecular complexity index is 1230. The zero-order chi connectivity index (χ0) is 22.3. The van der Waals surface area contributed by atoms with Crippen molar-refractivity contribution in [3.8, 4) is 0 Å². The monoisotopic (exact) mass is 423 g/mol. The summed E-state index contributed by atoms with van der Waals surface area (Å²) < 4.78 is 0. The molecule has 0 saturated heterocycles. The summed E-state index contributed by atoms with van der Waals surface area (Å²) >= 11 is 0. The first kappa shape index (κ1) is 20.2. The molecule has 2 heterocycles. The number of pyridine rings is 1. The maximum atomic E-state index is 13.3. The molecule has 0 saturated carbocycles. The van der Waals surface area contributed by atoms with Gasteiger partial charge in [-0.2, -0.15) is 0 Å². The van der Waals surface area contributed by atoms with Gasteiger partial charge in [0.1, 0.15) is 0 Å². The molecule has 2 aromatic carbocycles. The van der Waals surface area contributed by atoms with Gasteiger partial charge in [0.2, 0.25) is 0 Å². The van der Waals surface area contributed by atoms with E-state index in [0.717, 1.165) is 34.6 Å². The number of benzene rings is 2. The molecule has 0 bridgehead atoms. The molecule has 160 valence electrons. The Morgan fingerprint density at radius 1 is 0.969 bits per heavy atom. The van der Waals surface area contributed by atoms with Crippen LogP contribution in [0.2, 0.25) is 0 Å². The molecular weight excluding hydrogens is 398 g/mol. The van der Waals surface area contributed by atoms with Crippen molar-refractivity contribution in [2.24, 2.45) is 5.41 Å². The summed E-state index contributed by atoms with van der Waals surface area (Å²) in [4.78, 5) is 30.6. The number of carbonyl (C=O) groups excluding carboxylic acids is 2. The van der Waals surface area contributed by atoms with Gasteiger partial charge in [0.15, 0.2) is 11.6 Å². The van der Waals surface area contributed by atoms with E-state index in [1.807, 2.05) is 60.7 Å². The van der Waals surface area contributed by atoms with Crippen molar-refractivity contribution in [2.75, 3.05) is 10.6 Å². The highest BCUT2D eigenvalue weighted by molar-refractivity contribution is 6.10. The summed E-state index contributed by atoms with van der Waals surface area (Å²) in [6.45, 7) is 4.23. The number of rotatable bonds is 3. The van der Waals surface area contributed by atoms with Crippen molar-refractivity contribution in [1.82, 2.24) is 4.98 Å². The van der Waals surface area contributed by atoms with Crippen LogP contribution in [-0.4, -0.2) is 16.6 Å². The van der Waals surface area contributed by atoms with Crippen LogP contribution in [0.5, 0.6) is 0 Å². The normalized spacial score (nSPS) is 19.2. The van der Waals surface area contributed by atoms with Crippen molar-refractivity contribution in [1.29, 1.82) is 0 Å². The number of nitrogens with one attached hydrogen (secondary N) is 2. The first-order chi connectivity index (χ1) is 15.4. The van der Waals surface area contributed by atoms with Crippen LogP contribution in [0, 0.1) is 5.41 Å². The molecule has 3 aromatic rings. The fraction of sp³-hybridized carbons (Fsp3) is 0.222. The maximum Gasteiger partial charge on any atom is 0.193 e. The fourth-order valence-electron chi connectivity index (χ4n) is 4.64. The summed E-state index contributed by atoms with van der Waals surface area (Å²) in [5.41, 5.74) is 5.38. The van der Waals surface area contributed by atoms with Crippen molar-refractivity contribution in [3.05, 3.63) is 101 Å². The molecule has 1 aliphatic carbocycles. The second-order valence-electron chi connectivity index (χ2n) is 9.28. The Hall–Kier alpha value is -3.73. The summed E-state index contributed by atoms with van der Waals surface area (Å²) in [5, 5.41) is 7.06. The third-order valence-electron chi connectivity index (χ3n) is 6.13. The summed E-state index contributed by atoms with van der Waals surface area (Å²) in [5.74, 6) is 0.107. The van der Waals surface area contributed by atoms with Gasteiger partial charge in [-0.05, 0) is 41.7 Å². The zero-order valence-corrected chi connectivity index (χ0v) is 18.2. The van der Waals surface area contributed by atoms with Crippen LogP contribution >= 0.6 is 0 Å². The number of ketones is 2. The van der Waals surface area contributed by atoms with Crippen molar-refractivity contribution in [2.45, 2.75) is 32.7 Å². The smallest absolute Gasteiger partial charge is 0.193 e. The summed E-state index contributed by atoms with van der Waals surface area (Å²) in [6, 6.07) is 18.5. The average Bonchev–Trinajstić information content (AvgIpc) is 2.95. The van der Waals surface area contributed by atoms with E-state index in [1.165, 1.54) is 0 Å². The molecule has 0 spiro atoms. The lowest BCUT2D eigenvalue weighted by atomic mass is 9.73. The first-order valence-corrected chi connectivity index (χ1v) is 10.8. The van der Waals surface area contributed by atoms with E-state index >= 15 is 0 Å². The SMILES string of the molecule is CC1(C)CC(=O)C2=C(C1)Nc1cc(C(=O)c3ccccc3)ccc1N[C@H]2c1cccnc1. The highest BCUT2D eigenvalue weighted by atomic mass is 16.1. The van der Waals surface area contributed by atoms with Crippen LogP contribution in [0.25, 0.3) is 0 Å². The van der Waals surface area contributed by atoms with E-state index in [9.17, 15) is 9.59 Å². The molecule has 0 radical (unpaired) electrons. The van der Waals surface area contributed by atoms with Crippen LogP contribution in [0.4, 0.5) is 11.4 Å². The molecular formula is C27H25N3O2. The number of hydrogen-bond acceptors (Lipinski definition) is 5. The molecule has 2 N–H and O–H groups in total. The van der Waals surface area contributed by atoms with Crippen LogP contribution in [0.3, 0.4) is 0 Å². The topological polar surface area (TPSA) is 71.1 Å². The lowest BCUT2D eigenvalue weighted by Gasteiger charge is -2.34. The Morgan fingerprint density at radius 2 is 1.78 bits per heavy atom. The molecule has 5 rings (SSSR count). The number of carbonyl (C=O) groups is 2. The fourth-order valence-corrected chi connectivity index (χ4v) is 4.64. The van der Waals surface area contributed by atoms with Crippen molar-refractivity contribution < 1.29 is 9.59 Å². The van der Waals surface area contributed by atoms with Crippen molar-refractivity contribution in [3.63, 3.8) is 0 Å². The second-order valence-corrected chi connectivity index (χ2v) is 9.28. The summed E-state index contributed by atoms with van der Waals surface area (Å²) in [7, 11) is 0. The van der Waals surface area contributed by atoms with Gasteiger partial charge >= 0.3 is 0 Å². The number of aromatic nitrogens is 1. The van der Waals surface area contributed by atoms with Crippen molar-refractivity contribution >= 4 is 22.9 Å². The van der Waals surface area contributed by atoms with Gasteiger partial charge in [-0.3, -0.25) is 14.6 Å². The molecule has 32 heavy (non-hydrogen) atoms. The third kappa shape index (κ3) is 3.71. The minimum absolute atomic E-state index is 0.0301. The Kier molecular flexibility index (Phi) is 4.89. The quantitative estimate of drug-likeness (QED) is 0.542. The highest BCUT2D eigenvalue weighted by Gasteiger charge is 2.38. The molecule has 0 unspecified atom stereocenters. The highest BCUT2D eigenvalue weighted by Crippen LogP contribution is 2.45. The molecule has 1 aromatic heterocycles. The van der Waals surface area contributed by atoms with Gasteiger partial charge < -0.3 is 10.6 Å². The lowest BCUT2D eigenvalue weighted by molar-refractivity contribution is -0.118. The Labute approximate surface area is 187 Å². The molecule has 0 fully saturated rings. The number of anilines is 2. The minimum atomic E-state index is -0.299. The maximum absolute atomic E-state index is 13.3. The largest absolute Gasteiger partial charge is 0.372 e. The van der Waals surface area contributed by atoms with E-state index in [1.54, 1.807) is 12.4 Å². The number of nitrogens with zero attached hydrogens (tertiary/aromatic N) is 1. The van der Waals surface area contributed by atoms with Crippen LogP contribution < -0.4 is 10.6 Å². The molecule has 2 aliphatic rings. The predicted molar refractivity (Wildman–Crippen MR) is 126 cm³/mol. The van der Waals surface area contributed by atoms with E-state index in [2.05, 4.69) is 29.5 Å². The number of Topliss-reactive ketones (excluding diaryl/α,β-unsaturated/α-hetero) is 1. The van der Waals surface area contributed by atoms with Gasteiger partial charge in [-0.1, -0.05) is 50.2 Å². The number of allylic oxidation sites excluding steroid dienone is 1. The molecule has 0 amide bonds. The average molecular weight is 424 g/mol. The zero-order valence-electron chi connectivity index (χ0n) is 18.2. The number of fused-ring (bicyclic) bond motifs is 1.